The van der Waals surface area contributed by atoms with Crippen molar-refractivity contribution in [3.63, 3.8) is 0 Å². The van der Waals surface area contributed by atoms with Crippen molar-refractivity contribution in [2.75, 3.05) is 7.11 Å². The smallest absolute Gasteiger partial charge is 0.124 e. The third-order valence-corrected chi connectivity index (χ3v) is 5.33. The van der Waals surface area contributed by atoms with Crippen molar-refractivity contribution >= 4 is 10.8 Å². The molecule has 2 N–H and O–H groups in total. The molecule has 30 heavy (non-hydrogen) atoms. The van der Waals surface area contributed by atoms with Gasteiger partial charge in [-0.25, -0.2) is 0 Å². The highest BCUT2D eigenvalue weighted by atomic mass is 16.5. The summed E-state index contributed by atoms with van der Waals surface area (Å²) in [7, 11) is 1.67. The summed E-state index contributed by atoms with van der Waals surface area (Å²) in [5.41, 5.74) is 5.52. The SMILES string of the molecule is COc1ccc(-c2cc3ccccc3cc2-c2cc(-c3ccccc3O)[nH]n2)cc1. The number of aromatic amines is 1. The van der Waals surface area contributed by atoms with Crippen molar-refractivity contribution < 1.29 is 9.84 Å². The minimum atomic E-state index is 0.224. The lowest BCUT2D eigenvalue weighted by Crippen LogP contribution is -1.88. The van der Waals surface area contributed by atoms with Gasteiger partial charge in [-0.15, -0.1) is 0 Å². The Morgan fingerprint density at radius 1 is 0.733 bits per heavy atom. The molecular weight excluding hydrogens is 372 g/mol. The molecule has 146 valence electrons. The van der Waals surface area contributed by atoms with Crippen molar-refractivity contribution in [2.24, 2.45) is 0 Å². The Balaban J connectivity index is 1.69. The van der Waals surface area contributed by atoms with E-state index in [0.29, 0.717) is 0 Å². The van der Waals surface area contributed by atoms with Gasteiger partial charge in [0.05, 0.1) is 18.5 Å². The molecule has 4 nitrogen and oxygen atoms in total. The molecule has 4 heteroatoms. The number of nitrogens with one attached hydrogen (secondary N) is 1. The van der Waals surface area contributed by atoms with Gasteiger partial charge in [0, 0.05) is 11.1 Å². The Bertz CT molecular complexity index is 1340. The quantitative estimate of drug-likeness (QED) is 0.378. The summed E-state index contributed by atoms with van der Waals surface area (Å²) in [6, 6.07) is 29.9. The largest absolute Gasteiger partial charge is 0.507 e. The van der Waals surface area contributed by atoms with Crippen molar-refractivity contribution in [2.45, 2.75) is 0 Å². The molecule has 0 bridgehead atoms. The number of ether oxygens (including phenoxy) is 1. The zero-order valence-corrected chi connectivity index (χ0v) is 16.5. The zero-order chi connectivity index (χ0) is 20.5. The maximum atomic E-state index is 10.2. The van der Waals surface area contributed by atoms with Gasteiger partial charge in [0.2, 0.25) is 0 Å². The number of nitrogens with zero attached hydrogens (tertiary/aromatic N) is 1. The van der Waals surface area contributed by atoms with Crippen LogP contribution in [0.15, 0.2) is 91.0 Å². The molecule has 0 unspecified atom stereocenters. The summed E-state index contributed by atoms with van der Waals surface area (Å²) in [5, 5.41) is 20.2. The van der Waals surface area contributed by atoms with Crippen LogP contribution in [0, 0.1) is 0 Å². The van der Waals surface area contributed by atoms with Crippen molar-refractivity contribution in [1.82, 2.24) is 10.2 Å². The van der Waals surface area contributed by atoms with Gasteiger partial charge in [-0.05, 0) is 64.4 Å². The topological polar surface area (TPSA) is 58.1 Å². The van der Waals surface area contributed by atoms with Gasteiger partial charge in [-0.2, -0.15) is 5.10 Å². The summed E-state index contributed by atoms with van der Waals surface area (Å²) in [6.07, 6.45) is 0. The van der Waals surface area contributed by atoms with E-state index in [-0.39, 0.29) is 5.75 Å². The number of rotatable bonds is 4. The highest BCUT2D eigenvalue weighted by Gasteiger charge is 2.14. The van der Waals surface area contributed by atoms with Gasteiger partial charge in [0.15, 0.2) is 0 Å². The van der Waals surface area contributed by atoms with Gasteiger partial charge in [-0.3, -0.25) is 5.10 Å². The fourth-order valence-corrected chi connectivity index (χ4v) is 3.76. The zero-order valence-electron chi connectivity index (χ0n) is 16.5. The molecule has 0 aliphatic carbocycles. The minimum Gasteiger partial charge on any atom is -0.507 e. The van der Waals surface area contributed by atoms with E-state index in [1.165, 1.54) is 5.39 Å². The first-order valence-corrected chi connectivity index (χ1v) is 9.74. The molecular formula is C26H20N2O2. The summed E-state index contributed by atoms with van der Waals surface area (Å²) in [6.45, 7) is 0. The summed E-state index contributed by atoms with van der Waals surface area (Å²) in [4.78, 5) is 0. The van der Waals surface area contributed by atoms with Crippen LogP contribution in [-0.2, 0) is 0 Å². The van der Waals surface area contributed by atoms with E-state index in [1.807, 2.05) is 42.5 Å². The van der Waals surface area contributed by atoms with Crippen LogP contribution in [-0.4, -0.2) is 22.4 Å². The molecule has 1 aromatic heterocycles. The van der Waals surface area contributed by atoms with Gasteiger partial charge in [0.1, 0.15) is 11.5 Å². The lowest BCUT2D eigenvalue weighted by Gasteiger charge is -2.11. The maximum absolute atomic E-state index is 10.2. The molecule has 0 saturated carbocycles. The van der Waals surface area contributed by atoms with Crippen LogP contribution in [0.2, 0.25) is 0 Å². The second-order valence-electron chi connectivity index (χ2n) is 7.16. The molecule has 5 aromatic rings. The van der Waals surface area contributed by atoms with Crippen LogP contribution in [0.25, 0.3) is 44.4 Å². The Labute approximate surface area is 174 Å². The van der Waals surface area contributed by atoms with Crippen molar-refractivity contribution in [3.8, 4) is 45.1 Å². The summed E-state index contributed by atoms with van der Waals surface area (Å²) in [5.74, 6) is 1.05. The lowest BCUT2D eigenvalue weighted by molar-refractivity contribution is 0.415. The fourth-order valence-electron chi connectivity index (χ4n) is 3.76. The second-order valence-corrected chi connectivity index (χ2v) is 7.16. The first-order valence-electron chi connectivity index (χ1n) is 9.74. The third kappa shape index (κ3) is 3.18. The maximum Gasteiger partial charge on any atom is 0.124 e. The summed E-state index contributed by atoms with van der Waals surface area (Å²) >= 11 is 0. The Kier molecular flexibility index (Phi) is 4.45. The van der Waals surface area contributed by atoms with E-state index in [0.717, 1.165) is 44.8 Å². The number of phenolic OH excluding ortho intramolecular Hbond substituents is 1. The highest BCUT2D eigenvalue weighted by Crippen LogP contribution is 2.37. The predicted octanol–water partition coefficient (Wildman–Crippen LogP) is 6.28. The van der Waals surface area contributed by atoms with Gasteiger partial charge < -0.3 is 9.84 Å². The Morgan fingerprint density at radius 3 is 2.10 bits per heavy atom. The number of benzene rings is 4. The standard InChI is InChI=1S/C26H20N2O2/c1-30-20-12-10-17(11-13-20)22-14-18-6-2-3-7-19(18)15-23(22)25-16-24(27-28-25)21-8-4-5-9-26(21)29/h2-16,29H,1H3,(H,27,28). The van der Waals surface area contributed by atoms with Gasteiger partial charge >= 0.3 is 0 Å². The van der Waals surface area contributed by atoms with Crippen LogP contribution in [0.4, 0.5) is 0 Å². The fraction of sp³-hybridized carbons (Fsp3) is 0.0385. The number of fused-ring (bicyclic) bond motifs is 1. The first-order chi connectivity index (χ1) is 14.7. The molecule has 0 amide bonds. The molecule has 4 aromatic carbocycles. The normalized spacial score (nSPS) is 11.0. The van der Waals surface area contributed by atoms with Crippen LogP contribution >= 0.6 is 0 Å². The van der Waals surface area contributed by atoms with E-state index in [4.69, 9.17) is 4.74 Å². The predicted molar refractivity (Wildman–Crippen MR) is 121 cm³/mol. The van der Waals surface area contributed by atoms with E-state index in [1.54, 1.807) is 19.2 Å². The van der Waals surface area contributed by atoms with Crippen LogP contribution in [0.5, 0.6) is 11.5 Å². The Hall–Kier alpha value is -4.05. The third-order valence-electron chi connectivity index (χ3n) is 5.33. The molecule has 0 aliphatic heterocycles. The first kappa shape index (κ1) is 18.0. The van der Waals surface area contributed by atoms with E-state index < -0.39 is 0 Å². The van der Waals surface area contributed by atoms with Crippen molar-refractivity contribution in [1.29, 1.82) is 0 Å². The highest BCUT2D eigenvalue weighted by molar-refractivity contribution is 5.96. The molecule has 5 rings (SSSR count). The molecule has 1 heterocycles. The number of hydrogen-bond acceptors (Lipinski definition) is 3. The number of H-pyrrole nitrogens is 1. The van der Waals surface area contributed by atoms with E-state index in [2.05, 4.69) is 46.6 Å². The van der Waals surface area contributed by atoms with E-state index >= 15 is 0 Å². The number of aromatic hydroxyl groups is 1. The average Bonchev–Trinajstić information content (AvgIpc) is 3.28. The summed E-state index contributed by atoms with van der Waals surface area (Å²) < 4.78 is 5.31. The van der Waals surface area contributed by atoms with Gasteiger partial charge in [0.25, 0.3) is 0 Å². The van der Waals surface area contributed by atoms with Crippen molar-refractivity contribution in [3.05, 3.63) is 91.0 Å². The van der Waals surface area contributed by atoms with Gasteiger partial charge in [-0.1, -0.05) is 48.5 Å². The lowest BCUT2D eigenvalue weighted by atomic mass is 9.93. The average molecular weight is 392 g/mol. The number of hydrogen-bond donors (Lipinski definition) is 2. The van der Waals surface area contributed by atoms with Crippen LogP contribution < -0.4 is 4.74 Å². The number of methoxy groups -OCH3 is 1. The minimum absolute atomic E-state index is 0.224. The number of para-hydroxylation sites is 1. The molecule has 0 radical (unpaired) electrons. The van der Waals surface area contributed by atoms with Crippen LogP contribution in [0.3, 0.4) is 0 Å². The molecule has 0 atom stereocenters. The number of phenols is 1. The molecule has 0 saturated heterocycles. The Morgan fingerprint density at radius 2 is 1.40 bits per heavy atom. The second kappa shape index (κ2) is 7.41. The molecule has 0 aliphatic rings. The monoisotopic (exact) mass is 392 g/mol. The van der Waals surface area contributed by atoms with E-state index in [9.17, 15) is 5.11 Å². The molecule has 0 spiro atoms. The number of aromatic nitrogens is 2. The molecule has 0 fully saturated rings. The van der Waals surface area contributed by atoms with Crippen LogP contribution in [0.1, 0.15) is 0 Å².